The van der Waals surface area contributed by atoms with Crippen LogP contribution in [0.3, 0.4) is 0 Å². The molecule has 98 valence electrons. The van der Waals surface area contributed by atoms with Gasteiger partial charge in [-0.3, -0.25) is 9.78 Å². The Morgan fingerprint density at radius 3 is 2.47 bits per heavy atom. The molecule has 0 spiro atoms. The van der Waals surface area contributed by atoms with E-state index in [9.17, 15) is 4.79 Å². The standard InChI is InChI=1S/C14H15N3OS/c18-14(13-10-15-11-19-13)17-8-6-16(7-9-17)12-4-2-1-3-5-12/h1-5,10-11H,6-9H2. The van der Waals surface area contributed by atoms with Crippen molar-refractivity contribution in [3.05, 3.63) is 46.9 Å². The first-order valence-corrected chi connectivity index (χ1v) is 7.20. The Hall–Kier alpha value is -1.88. The number of carbonyl (C=O) groups is 1. The van der Waals surface area contributed by atoms with Crippen molar-refractivity contribution >= 4 is 22.9 Å². The minimum absolute atomic E-state index is 0.107. The highest BCUT2D eigenvalue weighted by Crippen LogP contribution is 2.17. The van der Waals surface area contributed by atoms with Gasteiger partial charge in [-0.05, 0) is 12.1 Å². The first kappa shape index (κ1) is 12.2. The minimum atomic E-state index is 0.107. The topological polar surface area (TPSA) is 36.4 Å². The number of benzene rings is 1. The van der Waals surface area contributed by atoms with Gasteiger partial charge in [0, 0.05) is 31.9 Å². The van der Waals surface area contributed by atoms with Crippen LogP contribution >= 0.6 is 11.3 Å². The maximum absolute atomic E-state index is 12.2. The predicted octanol–water partition coefficient (Wildman–Crippen LogP) is 2.11. The average molecular weight is 273 g/mol. The molecule has 0 bridgehead atoms. The van der Waals surface area contributed by atoms with Crippen molar-refractivity contribution in [1.29, 1.82) is 0 Å². The fraction of sp³-hybridized carbons (Fsp3) is 0.286. The fourth-order valence-corrected chi connectivity index (χ4v) is 2.87. The Kier molecular flexibility index (Phi) is 3.46. The highest BCUT2D eigenvalue weighted by Gasteiger charge is 2.22. The molecular formula is C14H15N3OS. The number of nitrogens with zero attached hydrogens (tertiary/aromatic N) is 3. The van der Waals surface area contributed by atoms with Crippen LogP contribution in [0.2, 0.25) is 0 Å². The number of amides is 1. The maximum Gasteiger partial charge on any atom is 0.265 e. The lowest BCUT2D eigenvalue weighted by Crippen LogP contribution is -2.48. The Morgan fingerprint density at radius 1 is 1.11 bits per heavy atom. The number of anilines is 1. The molecule has 19 heavy (non-hydrogen) atoms. The van der Waals surface area contributed by atoms with E-state index < -0.39 is 0 Å². The molecule has 2 aromatic rings. The number of thiazole rings is 1. The van der Waals surface area contributed by atoms with Crippen LogP contribution in [-0.4, -0.2) is 42.0 Å². The Balaban J connectivity index is 1.62. The van der Waals surface area contributed by atoms with Crippen molar-refractivity contribution < 1.29 is 4.79 Å². The van der Waals surface area contributed by atoms with E-state index in [4.69, 9.17) is 0 Å². The zero-order valence-corrected chi connectivity index (χ0v) is 11.3. The maximum atomic E-state index is 12.2. The van der Waals surface area contributed by atoms with E-state index in [0.717, 1.165) is 31.1 Å². The number of hydrogen-bond acceptors (Lipinski definition) is 4. The molecule has 3 rings (SSSR count). The monoisotopic (exact) mass is 273 g/mol. The van der Waals surface area contributed by atoms with Gasteiger partial charge in [0.1, 0.15) is 4.88 Å². The van der Waals surface area contributed by atoms with Crippen molar-refractivity contribution in [3.8, 4) is 0 Å². The molecule has 5 heteroatoms. The van der Waals surface area contributed by atoms with Crippen LogP contribution in [0.1, 0.15) is 9.67 Å². The summed E-state index contributed by atoms with van der Waals surface area (Å²) in [4.78, 5) is 21.1. The highest BCUT2D eigenvalue weighted by atomic mass is 32.1. The summed E-state index contributed by atoms with van der Waals surface area (Å²) in [5.41, 5.74) is 2.93. The Morgan fingerprint density at radius 2 is 1.84 bits per heavy atom. The van der Waals surface area contributed by atoms with Gasteiger partial charge in [0.2, 0.25) is 0 Å². The Labute approximate surface area is 116 Å². The number of rotatable bonds is 2. The third kappa shape index (κ3) is 2.61. The lowest BCUT2D eigenvalue weighted by Gasteiger charge is -2.35. The van der Waals surface area contributed by atoms with E-state index in [1.807, 2.05) is 23.1 Å². The van der Waals surface area contributed by atoms with Crippen molar-refractivity contribution in [2.45, 2.75) is 0 Å². The summed E-state index contributed by atoms with van der Waals surface area (Å²) in [6, 6.07) is 10.3. The smallest absolute Gasteiger partial charge is 0.265 e. The van der Waals surface area contributed by atoms with Gasteiger partial charge in [-0.15, -0.1) is 11.3 Å². The van der Waals surface area contributed by atoms with Gasteiger partial charge in [0.25, 0.3) is 5.91 Å². The third-order valence-electron chi connectivity index (χ3n) is 3.33. The van der Waals surface area contributed by atoms with Crippen LogP contribution in [0, 0.1) is 0 Å². The molecule has 0 atom stereocenters. The molecule has 0 saturated carbocycles. The summed E-state index contributed by atoms with van der Waals surface area (Å²) < 4.78 is 0. The molecule has 0 aliphatic carbocycles. The molecule has 4 nitrogen and oxygen atoms in total. The second-order valence-corrected chi connectivity index (χ2v) is 5.37. The molecule has 0 N–H and O–H groups in total. The molecule has 1 aliphatic rings. The van der Waals surface area contributed by atoms with Gasteiger partial charge in [0.15, 0.2) is 0 Å². The molecule has 1 aromatic carbocycles. The van der Waals surface area contributed by atoms with E-state index in [1.54, 1.807) is 11.7 Å². The quantitative estimate of drug-likeness (QED) is 0.841. The van der Waals surface area contributed by atoms with Crippen molar-refractivity contribution in [2.24, 2.45) is 0 Å². The first-order valence-electron chi connectivity index (χ1n) is 6.32. The van der Waals surface area contributed by atoms with Crippen LogP contribution < -0.4 is 4.90 Å². The van der Waals surface area contributed by atoms with E-state index in [-0.39, 0.29) is 5.91 Å². The molecular weight excluding hydrogens is 258 g/mol. The highest BCUT2D eigenvalue weighted by molar-refractivity contribution is 7.11. The van der Waals surface area contributed by atoms with E-state index in [0.29, 0.717) is 0 Å². The summed E-state index contributed by atoms with van der Waals surface area (Å²) in [6.07, 6.45) is 1.65. The van der Waals surface area contributed by atoms with Gasteiger partial charge in [-0.25, -0.2) is 0 Å². The summed E-state index contributed by atoms with van der Waals surface area (Å²) in [5, 5.41) is 0. The second-order valence-electron chi connectivity index (χ2n) is 4.48. The molecule has 0 radical (unpaired) electrons. The minimum Gasteiger partial charge on any atom is -0.368 e. The fourth-order valence-electron chi connectivity index (χ4n) is 2.28. The molecule has 1 amide bonds. The van der Waals surface area contributed by atoms with E-state index in [1.165, 1.54) is 17.0 Å². The molecule has 1 aromatic heterocycles. The largest absolute Gasteiger partial charge is 0.368 e. The van der Waals surface area contributed by atoms with Gasteiger partial charge in [0.05, 0.1) is 11.7 Å². The lowest BCUT2D eigenvalue weighted by atomic mass is 10.2. The zero-order chi connectivity index (χ0) is 13.1. The van der Waals surface area contributed by atoms with Gasteiger partial charge in [-0.1, -0.05) is 18.2 Å². The SMILES string of the molecule is O=C(c1cncs1)N1CCN(c2ccccc2)CC1. The van der Waals surface area contributed by atoms with Crippen molar-refractivity contribution in [1.82, 2.24) is 9.88 Å². The Bertz CT molecular complexity index is 533. The van der Waals surface area contributed by atoms with Crippen LogP contribution in [0.5, 0.6) is 0 Å². The lowest BCUT2D eigenvalue weighted by molar-refractivity contribution is 0.0751. The second kappa shape index (κ2) is 5.40. The van der Waals surface area contributed by atoms with E-state index >= 15 is 0 Å². The molecule has 1 fully saturated rings. The average Bonchev–Trinajstić information content (AvgIpc) is 3.02. The van der Waals surface area contributed by atoms with Crippen LogP contribution in [0.15, 0.2) is 42.0 Å². The van der Waals surface area contributed by atoms with Gasteiger partial charge >= 0.3 is 0 Å². The molecule has 2 heterocycles. The zero-order valence-electron chi connectivity index (χ0n) is 10.5. The van der Waals surface area contributed by atoms with Crippen molar-refractivity contribution in [2.75, 3.05) is 31.1 Å². The third-order valence-corrected chi connectivity index (χ3v) is 4.09. The van der Waals surface area contributed by atoms with Crippen LogP contribution in [-0.2, 0) is 0 Å². The molecule has 0 unspecified atom stereocenters. The van der Waals surface area contributed by atoms with Gasteiger partial charge < -0.3 is 9.80 Å². The first-order chi connectivity index (χ1) is 9.34. The predicted molar refractivity (Wildman–Crippen MR) is 76.7 cm³/mol. The summed E-state index contributed by atoms with van der Waals surface area (Å²) in [6.45, 7) is 3.31. The van der Waals surface area contributed by atoms with Gasteiger partial charge in [-0.2, -0.15) is 0 Å². The number of carbonyl (C=O) groups excluding carboxylic acids is 1. The van der Waals surface area contributed by atoms with Crippen LogP contribution in [0.25, 0.3) is 0 Å². The summed E-state index contributed by atoms with van der Waals surface area (Å²) in [7, 11) is 0. The number of aromatic nitrogens is 1. The van der Waals surface area contributed by atoms with Crippen LogP contribution in [0.4, 0.5) is 5.69 Å². The number of hydrogen-bond donors (Lipinski definition) is 0. The summed E-state index contributed by atoms with van der Waals surface area (Å²) >= 11 is 1.41. The normalized spacial score (nSPS) is 15.6. The number of para-hydroxylation sites is 1. The molecule has 1 aliphatic heterocycles. The van der Waals surface area contributed by atoms with E-state index in [2.05, 4.69) is 22.0 Å². The number of piperazine rings is 1. The summed E-state index contributed by atoms with van der Waals surface area (Å²) in [5.74, 6) is 0.107. The van der Waals surface area contributed by atoms with Crippen molar-refractivity contribution in [3.63, 3.8) is 0 Å². The molecule has 1 saturated heterocycles.